The van der Waals surface area contributed by atoms with Gasteiger partial charge in [0.1, 0.15) is 0 Å². The van der Waals surface area contributed by atoms with Gasteiger partial charge >= 0.3 is 12.4 Å². The minimum atomic E-state index is -4.41. The fourth-order valence-electron chi connectivity index (χ4n) is 2.78. The third-order valence-corrected chi connectivity index (χ3v) is 3.95. The van der Waals surface area contributed by atoms with E-state index in [-0.39, 0.29) is 19.1 Å². The second-order valence-electron chi connectivity index (χ2n) is 6.10. The predicted molar refractivity (Wildman–Crippen MR) is 85.7 cm³/mol. The van der Waals surface area contributed by atoms with Gasteiger partial charge in [0, 0.05) is 32.7 Å². The number of likely N-dealkylation sites (tertiary alicyclic amines) is 1. The van der Waals surface area contributed by atoms with Crippen molar-refractivity contribution < 1.29 is 26.3 Å². The van der Waals surface area contributed by atoms with Crippen molar-refractivity contribution in [3.05, 3.63) is 35.4 Å². The third-order valence-electron chi connectivity index (χ3n) is 3.95. The number of hydrogen-bond donors (Lipinski definition) is 2. The molecule has 1 fully saturated rings. The zero-order valence-electron chi connectivity index (χ0n) is 14.1. The fourth-order valence-corrected chi connectivity index (χ4v) is 2.78. The lowest BCUT2D eigenvalue weighted by atomic mass is 10.1. The Morgan fingerprint density at radius 1 is 1.23 bits per heavy atom. The van der Waals surface area contributed by atoms with Crippen LogP contribution in [0, 0.1) is 0 Å². The molecular weight excluding hydrogens is 362 g/mol. The Morgan fingerprint density at radius 3 is 2.58 bits per heavy atom. The van der Waals surface area contributed by atoms with E-state index in [1.54, 1.807) is 6.07 Å². The van der Waals surface area contributed by atoms with Crippen LogP contribution in [0.2, 0.25) is 0 Å². The van der Waals surface area contributed by atoms with Crippen molar-refractivity contribution in [2.45, 2.75) is 31.4 Å². The van der Waals surface area contributed by atoms with Crippen molar-refractivity contribution in [3.8, 4) is 0 Å². The van der Waals surface area contributed by atoms with Crippen molar-refractivity contribution in [1.82, 2.24) is 15.5 Å². The van der Waals surface area contributed by atoms with Crippen LogP contribution >= 0.6 is 0 Å². The minimum absolute atomic E-state index is 0.114. The van der Waals surface area contributed by atoms with Gasteiger partial charge in [-0.25, -0.2) is 0 Å². The standard InChI is InChI=1S/C16H20F6N4/c1-23-14(25-13-5-6-26(9-13)10-15(17,18)19)24-8-11-3-2-4-12(7-11)16(20,21)22/h2-4,7,13H,5-6,8-10H2,1H3,(H2,23,24,25). The molecular formula is C16H20F6N4. The van der Waals surface area contributed by atoms with Crippen LogP contribution in [-0.2, 0) is 12.7 Å². The van der Waals surface area contributed by atoms with Crippen molar-refractivity contribution in [2.75, 3.05) is 26.7 Å². The van der Waals surface area contributed by atoms with E-state index in [0.29, 0.717) is 24.5 Å². The van der Waals surface area contributed by atoms with Gasteiger partial charge in [0.25, 0.3) is 0 Å². The summed E-state index contributed by atoms with van der Waals surface area (Å²) in [6.45, 7) is -0.296. The molecule has 1 aliphatic heterocycles. The molecule has 0 bridgehead atoms. The predicted octanol–water partition coefficient (Wildman–Crippen LogP) is 3.01. The molecule has 1 unspecified atom stereocenters. The quantitative estimate of drug-likeness (QED) is 0.478. The lowest BCUT2D eigenvalue weighted by Crippen LogP contribution is -2.44. The van der Waals surface area contributed by atoms with Crippen molar-refractivity contribution in [1.29, 1.82) is 0 Å². The molecule has 1 aromatic rings. The van der Waals surface area contributed by atoms with E-state index < -0.39 is 24.5 Å². The van der Waals surface area contributed by atoms with E-state index >= 15 is 0 Å². The third kappa shape index (κ3) is 6.40. The van der Waals surface area contributed by atoms with Gasteiger partial charge in [0.15, 0.2) is 5.96 Å². The Kier molecular flexibility index (Phi) is 6.38. The van der Waals surface area contributed by atoms with Crippen molar-refractivity contribution in [3.63, 3.8) is 0 Å². The van der Waals surface area contributed by atoms with Gasteiger partial charge in [0.2, 0.25) is 0 Å². The van der Waals surface area contributed by atoms with E-state index in [9.17, 15) is 26.3 Å². The molecule has 1 aromatic carbocycles. The van der Waals surface area contributed by atoms with Gasteiger partial charge in [-0.3, -0.25) is 9.89 Å². The molecule has 2 rings (SSSR count). The highest BCUT2D eigenvalue weighted by atomic mass is 19.4. The van der Waals surface area contributed by atoms with Crippen LogP contribution in [0.5, 0.6) is 0 Å². The Hall–Kier alpha value is -1.97. The molecule has 0 amide bonds. The molecule has 10 heteroatoms. The molecule has 1 heterocycles. The van der Waals surface area contributed by atoms with Crippen LogP contribution in [0.25, 0.3) is 0 Å². The summed E-state index contributed by atoms with van der Waals surface area (Å²) in [6.07, 6.45) is -8.12. The SMILES string of the molecule is CN=C(NCc1cccc(C(F)(F)F)c1)NC1CCN(CC(F)(F)F)C1. The highest BCUT2D eigenvalue weighted by Gasteiger charge is 2.34. The molecule has 2 N–H and O–H groups in total. The van der Waals surface area contributed by atoms with E-state index in [1.165, 1.54) is 18.0 Å². The summed E-state index contributed by atoms with van der Waals surface area (Å²) in [6, 6.07) is 4.70. The zero-order chi connectivity index (χ0) is 19.4. The number of benzene rings is 1. The molecule has 0 radical (unpaired) electrons. The average Bonchev–Trinajstić information content (AvgIpc) is 2.95. The van der Waals surface area contributed by atoms with Crippen LogP contribution in [-0.4, -0.2) is 49.8 Å². The molecule has 4 nitrogen and oxygen atoms in total. The highest BCUT2D eigenvalue weighted by molar-refractivity contribution is 5.80. The second kappa shape index (κ2) is 8.15. The molecule has 0 aromatic heterocycles. The summed E-state index contributed by atoms with van der Waals surface area (Å²) in [5.41, 5.74) is -0.314. The minimum Gasteiger partial charge on any atom is -0.352 e. The van der Waals surface area contributed by atoms with E-state index in [4.69, 9.17) is 0 Å². The van der Waals surface area contributed by atoms with Gasteiger partial charge in [-0.2, -0.15) is 26.3 Å². The Balaban J connectivity index is 1.86. The first-order valence-electron chi connectivity index (χ1n) is 7.99. The molecule has 1 saturated heterocycles. The number of guanidine groups is 1. The molecule has 1 atom stereocenters. The normalized spacial score (nSPS) is 19.7. The van der Waals surface area contributed by atoms with E-state index in [2.05, 4.69) is 15.6 Å². The first-order chi connectivity index (χ1) is 12.1. The van der Waals surface area contributed by atoms with Crippen molar-refractivity contribution in [2.24, 2.45) is 4.99 Å². The smallest absolute Gasteiger partial charge is 0.352 e. The largest absolute Gasteiger partial charge is 0.416 e. The first-order valence-corrected chi connectivity index (χ1v) is 7.99. The Bertz CT molecular complexity index is 626. The molecule has 1 aliphatic rings. The zero-order valence-corrected chi connectivity index (χ0v) is 14.1. The Labute approximate surface area is 147 Å². The van der Waals surface area contributed by atoms with E-state index in [0.717, 1.165) is 12.1 Å². The van der Waals surface area contributed by atoms with Crippen molar-refractivity contribution >= 4 is 5.96 Å². The lowest BCUT2D eigenvalue weighted by molar-refractivity contribution is -0.143. The van der Waals surface area contributed by atoms with E-state index in [1.807, 2.05) is 0 Å². The second-order valence-corrected chi connectivity index (χ2v) is 6.10. The molecule has 26 heavy (non-hydrogen) atoms. The highest BCUT2D eigenvalue weighted by Crippen LogP contribution is 2.29. The van der Waals surface area contributed by atoms with Gasteiger partial charge in [-0.15, -0.1) is 0 Å². The monoisotopic (exact) mass is 382 g/mol. The summed E-state index contributed by atoms with van der Waals surface area (Å²) in [7, 11) is 1.49. The summed E-state index contributed by atoms with van der Waals surface area (Å²) < 4.78 is 75.4. The van der Waals surface area contributed by atoms with Crippen LogP contribution in [0.3, 0.4) is 0 Å². The number of alkyl halides is 6. The summed E-state index contributed by atoms with van der Waals surface area (Å²) in [5, 5.41) is 5.89. The summed E-state index contributed by atoms with van der Waals surface area (Å²) >= 11 is 0. The van der Waals surface area contributed by atoms with Gasteiger partial charge < -0.3 is 10.6 Å². The topological polar surface area (TPSA) is 39.7 Å². The molecule has 146 valence electrons. The molecule has 0 aliphatic carbocycles. The fraction of sp³-hybridized carbons (Fsp3) is 0.562. The number of nitrogens with zero attached hydrogens (tertiary/aromatic N) is 2. The maximum Gasteiger partial charge on any atom is 0.416 e. The van der Waals surface area contributed by atoms with Crippen LogP contribution < -0.4 is 10.6 Å². The average molecular weight is 382 g/mol. The number of aliphatic imine (C=N–C) groups is 1. The first kappa shape index (κ1) is 20.3. The van der Waals surface area contributed by atoms with Crippen LogP contribution in [0.15, 0.2) is 29.3 Å². The maximum atomic E-state index is 12.7. The summed E-state index contributed by atoms with van der Waals surface area (Å²) in [4.78, 5) is 5.27. The molecule has 0 spiro atoms. The van der Waals surface area contributed by atoms with Crippen LogP contribution in [0.1, 0.15) is 17.5 Å². The molecule has 0 saturated carbocycles. The number of halogens is 6. The van der Waals surface area contributed by atoms with Gasteiger partial charge in [-0.1, -0.05) is 12.1 Å². The summed E-state index contributed by atoms with van der Waals surface area (Å²) in [5.74, 6) is 0.335. The van der Waals surface area contributed by atoms with Gasteiger partial charge in [0.05, 0.1) is 12.1 Å². The number of rotatable bonds is 4. The van der Waals surface area contributed by atoms with Gasteiger partial charge in [-0.05, 0) is 24.1 Å². The van der Waals surface area contributed by atoms with Crippen LogP contribution in [0.4, 0.5) is 26.3 Å². The maximum absolute atomic E-state index is 12.7. The lowest BCUT2D eigenvalue weighted by Gasteiger charge is -2.20. The Morgan fingerprint density at radius 2 is 1.96 bits per heavy atom. The number of hydrogen-bond acceptors (Lipinski definition) is 2. The number of nitrogens with one attached hydrogen (secondary N) is 2.